The van der Waals surface area contributed by atoms with Gasteiger partial charge in [-0.1, -0.05) is 13.8 Å². The monoisotopic (exact) mass is 325 g/mol. The first kappa shape index (κ1) is 19.2. The summed E-state index contributed by atoms with van der Waals surface area (Å²) in [4.78, 5) is 5.26. The fourth-order valence-corrected chi connectivity index (χ4v) is 4.77. The molecule has 0 aromatic heterocycles. The summed E-state index contributed by atoms with van der Waals surface area (Å²) in [5.41, 5.74) is 0.723. The van der Waals surface area contributed by atoms with Gasteiger partial charge in [0.2, 0.25) is 0 Å². The van der Waals surface area contributed by atoms with Gasteiger partial charge >= 0.3 is 0 Å². The van der Waals surface area contributed by atoms with E-state index in [0.29, 0.717) is 11.0 Å². The van der Waals surface area contributed by atoms with Crippen molar-refractivity contribution >= 4 is 0 Å². The molecular formula is C19H39N3O. The van der Waals surface area contributed by atoms with Crippen molar-refractivity contribution in [1.82, 2.24) is 15.1 Å². The molecule has 4 nitrogen and oxygen atoms in total. The average molecular weight is 326 g/mol. The number of rotatable bonds is 7. The maximum absolute atomic E-state index is 5.21. The highest BCUT2D eigenvalue weighted by molar-refractivity contribution is 4.93. The molecule has 0 aliphatic carbocycles. The predicted molar refractivity (Wildman–Crippen MR) is 98.0 cm³/mol. The maximum atomic E-state index is 5.21. The van der Waals surface area contributed by atoms with E-state index in [1.165, 1.54) is 58.5 Å². The van der Waals surface area contributed by atoms with Crippen LogP contribution in [0.5, 0.6) is 0 Å². The van der Waals surface area contributed by atoms with Gasteiger partial charge in [0, 0.05) is 45.4 Å². The molecular weight excluding hydrogens is 286 g/mol. The molecule has 2 fully saturated rings. The van der Waals surface area contributed by atoms with Crippen LogP contribution in [0.15, 0.2) is 0 Å². The molecule has 2 aliphatic heterocycles. The Hall–Kier alpha value is -0.160. The quantitative estimate of drug-likeness (QED) is 0.778. The average Bonchev–Trinajstić information content (AvgIpc) is 2.53. The SMILES string of the molecule is COCCN1CCN(C(C)(C)CC(C)(C)C2CCNCC2)CC1. The standard InChI is InChI=1S/C19H39N3O/c1-18(2,17-6-8-20-9-7-17)16-19(3,4)22-12-10-21(11-13-22)14-15-23-5/h17,20H,6-16H2,1-5H3. The number of hydrogen-bond donors (Lipinski definition) is 1. The lowest BCUT2D eigenvalue weighted by Gasteiger charge is -2.49. The second kappa shape index (κ2) is 8.28. The van der Waals surface area contributed by atoms with Crippen LogP contribution in [0.1, 0.15) is 47.0 Å². The molecule has 0 saturated carbocycles. The Bertz CT molecular complexity index is 343. The predicted octanol–water partition coefficient (Wildman–Crippen LogP) is 2.44. The van der Waals surface area contributed by atoms with Crippen LogP contribution in [0.3, 0.4) is 0 Å². The lowest BCUT2D eigenvalue weighted by molar-refractivity contribution is 0.00291. The van der Waals surface area contributed by atoms with Crippen LogP contribution in [0.2, 0.25) is 0 Å². The van der Waals surface area contributed by atoms with E-state index in [1.807, 2.05) is 0 Å². The van der Waals surface area contributed by atoms with Crippen LogP contribution < -0.4 is 5.32 Å². The van der Waals surface area contributed by atoms with Gasteiger partial charge in [-0.15, -0.1) is 0 Å². The number of piperazine rings is 1. The largest absolute Gasteiger partial charge is 0.383 e. The zero-order valence-electron chi connectivity index (χ0n) is 16.2. The molecule has 2 rings (SSSR count). The second-order valence-corrected chi connectivity index (χ2v) is 8.82. The molecule has 136 valence electrons. The molecule has 2 heterocycles. The second-order valence-electron chi connectivity index (χ2n) is 8.82. The normalized spacial score (nSPS) is 23.3. The van der Waals surface area contributed by atoms with E-state index in [1.54, 1.807) is 7.11 Å². The number of methoxy groups -OCH3 is 1. The summed E-state index contributed by atoms with van der Waals surface area (Å²) < 4.78 is 5.21. The van der Waals surface area contributed by atoms with E-state index in [9.17, 15) is 0 Å². The number of hydrogen-bond acceptors (Lipinski definition) is 4. The minimum absolute atomic E-state index is 0.293. The number of piperidine rings is 1. The Morgan fingerprint density at radius 2 is 1.61 bits per heavy atom. The third-order valence-electron chi connectivity index (χ3n) is 6.17. The maximum Gasteiger partial charge on any atom is 0.0589 e. The Labute approximate surface area is 143 Å². The summed E-state index contributed by atoms with van der Waals surface area (Å²) in [5, 5.41) is 3.51. The van der Waals surface area contributed by atoms with Crippen molar-refractivity contribution < 1.29 is 4.74 Å². The van der Waals surface area contributed by atoms with Gasteiger partial charge < -0.3 is 10.1 Å². The summed E-state index contributed by atoms with van der Waals surface area (Å²) in [5.74, 6) is 0.867. The molecule has 0 unspecified atom stereocenters. The van der Waals surface area contributed by atoms with Crippen molar-refractivity contribution in [3.8, 4) is 0 Å². The fraction of sp³-hybridized carbons (Fsp3) is 1.00. The molecule has 2 saturated heterocycles. The van der Waals surface area contributed by atoms with Crippen molar-refractivity contribution in [2.75, 3.05) is 59.5 Å². The van der Waals surface area contributed by atoms with Gasteiger partial charge in [0.15, 0.2) is 0 Å². The molecule has 4 heteroatoms. The zero-order valence-corrected chi connectivity index (χ0v) is 16.2. The molecule has 0 bridgehead atoms. The molecule has 23 heavy (non-hydrogen) atoms. The molecule has 0 radical (unpaired) electrons. The van der Waals surface area contributed by atoms with Crippen molar-refractivity contribution in [1.29, 1.82) is 0 Å². The molecule has 0 spiro atoms. The Morgan fingerprint density at radius 1 is 1.00 bits per heavy atom. The highest BCUT2D eigenvalue weighted by atomic mass is 16.5. The molecule has 2 aliphatic rings. The number of ether oxygens (including phenoxy) is 1. The van der Waals surface area contributed by atoms with E-state index < -0.39 is 0 Å². The van der Waals surface area contributed by atoms with Crippen molar-refractivity contribution in [3.05, 3.63) is 0 Å². The topological polar surface area (TPSA) is 27.7 Å². The molecule has 0 atom stereocenters. The van der Waals surface area contributed by atoms with Gasteiger partial charge in [0.25, 0.3) is 0 Å². The van der Waals surface area contributed by atoms with Gasteiger partial charge in [-0.3, -0.25) is 9.80 Å². The van der Waals surface area contributed by atoms with Gasteiger partial charge in [-0.05, 0) is 57.5 Å². The summed E-state index contributed by atoms with van der Waals surface area (Å²) in [6.45, 7) is 19.0. The summed E-state index contributed by atoms with van der Waals surface area (Å²) >= 11 is 0. The van der Waals surface area contributed by atoms with Gasteiger partial charge in [0.05, 0.1) is 6.61 Å². The lowest BCUT2D eigenvalue weighted by Crippen LogP contribution is -2.56. The minimum Gasteiger partial charge on any atom is -0.383 e. The molecule has 1 N–H and O–H groups in total. The molecule has 0 amide bonds. The van der Waals surface area contributed by atoms with Crippen molar-refractivity contribution in [2.24, 2.45) is 11.3 Å². The third-order valence-corrected chi connectivity index (χ3v) is 6.17. The first-order valence-corrected chi connectivity index (χ1v) is 9.52. The summed E-state index contributed by atoms with van der Waals surface area (Å²) in [6, 6.07) is 0. The summed E-state index contributed by atoms with van der Waals surface area (Å²) in [7, 11) is 1.79. The van der Waals surface area contributed by atoms with Gasteiger partial charge in [-0.25, -0.2) is 0 Å². The number of nitrogens with zero attached hydrogens (tertiary/aromatic N) is 2. The first-order valence-electron chi connectivity index (χ1n) is 9.52. The van der Waals surface area contributed by atoms with Crippen LogP contribution in [-0.4, -0.2) is 74.9 Å². The third kappa shape index (κ3) is 5.42. The van der Waals surface area contributed by atoms with E-state index in [4.69, 9.17) is 4.74 Å². The van der Waals surface area contributed by atoms with Crippen LogP contribution in [0.25, 0.3) is 0 Å². The van der Waals surface area contributed by atoms with Crippen molar-refractivity contribution in [2.45, 2.75) is 52.5 Å². The minimum atomic E-state index is 0.293. The van der Waals surface area contributed by atoms with Gasteiger partial charge in [0.1, 0.15) is 0 Å². The molecule has 0 aromatic carbocycles. The fourth-order valence-electron chi connectivity index (χ4n) is 4.77. The van der Waals surface area contributed by atoms with Gasteiger partial charge in [-0.2, -0.15) is 0 Å². The number of nitrogens with one attached hydrogen (secondary N) is 1. The Morgan fingerprint density at radius 3 is 2.17 bits per heavy atom. The van der Waals surface area contributed by atoms with E-state index in [-0.39, 0.29) is 0 Å². The smallest absolute Gasteiger partial charge is 0.0589 e. The Kier molecular flexibility index (Phi) is 6.90. The van der Waals surface area contributed by atoms with Crippen LogP contribution in [-0.2, 0) is 4.74 Å². The lowest BCUT2D eigenvalue weighted by atomic mass is 9.67. The summed E-state index contributed by atoms with van der Waals surface area (Å²) in [6.07, 6.45) is 3.98. The first-order chi connectivity index (χ1) is 10.8. The van der Waals surface area contributed by atoms with E-state index in [0.717, 1.165) is 19.1 Å². The molecule has 0 aromatic rings. The van der Waals surface area contributed by atoms with Crippen LogP contribution >= 0.6 is 0 Å². The van der Waals surface area contributed by atoms with Crippen LogP contribution in [0, 0.1) is 11.3 Å². The highest BCUT2D eigenvalue weighted by Crippen LogP contribution is 2.41. The van der Waals surface area contributed by atoms with E-state index in [2.05, 4.69) is 42.8 Å². The van der Waals surface area contributed by atoms with Crippen LogP contribution in [0.4, 0.5) is 0 Å². The Balaban J connectivity index is 1.86. The van der Waals surface area contributed by atoms with E-state index >= 15 is 0 Å². The zero-order chi connectivity index (χ0) is 16.9. The highest BCUT2D eigenvalue weighted by Gasteiger charge is 2.39. The van der Waals surface area contributed by atoms with Crippen molar-refractivity contribution in [3.63, 3.8) is 0 Å².